The van der Waals surface area contributed by atoms with E-state index >= 15 is 0 Å². The molecule has 0 aliphatic rings. The fraction of sp³-hybridized carbons (Fsp3) is 0.533. The molecular weight excluding hydrogens is 468 g/mol. The number of amides is 2. The van der Waals surface area contributed by atoms with Crippen molar-refractivity contribution in [1.82, 2.24) is 9.80 Å². The average Bonchev–Trinajstić information content (AvgIpc) is 2.79. The van der Waals surface area contributed by atoms with Crippen LogP contribution in [0.15, 0.2) is 60.7 Å². The Labute approximate surface area is 222 Å². The summed E-state index contributed by atoms with van der Waals surface area (Å²) in [5, 5.41) is 10.2. The Morgan fingerprint density at radius 2 is 1.22 bits per heavy atom. The molecule has 0 spiro atoms. The Morgan fingerprint density at radius 3 is 1.59 bits per heavy atom. The molecule has 0 fully saturated rings. The predicted molar refractivity (Wildman–Crippen MR) is 146 cm³/mol. The SMILES string of the molecule is CC(C)(C)OC(=O)N(CCC[C@@H](CO)CN(Cc1ccccc1)Cc1ccccc1)C(=O)OC(C)(C)C. The van der Waals surface area contributed by atoms with Gasteiger partial charge in [0.2, 0.25) is 0 Å². The first-order valence-electron chi connectivity index (χ1n) is 13.0. The molecule has 0 radical (unpaired) electrons. The molecule has 0 heterocycles. The summed E-state index contributed by atoms with van der Waals surface area (Å²) in [5.41, 5.74) is 0.938. The number of hydrogen-bond acceptors (Lipinski definition) is 6. The zero-order chi connectivity index (χ0) is 27.5. The second-order valence-corrected chi connectivity index (χ2v) is 11.4. The van der Waals surface area contributed by atoms with E-state index in [-0.39, 0.29) is 19.1 Å². The maximum Gasteiger partial charge on any atom is 0.419 e. The summed E-state index contributed by atoms with van der Waals surface area (Å²) in [6.07, 6.45) is -0.290. The Morgan fingerprint density at radius 1 is 0.784 bits per heavy atom. The third-order valence-corrected chi connectivity index (χ3v) is 5.49. The van der Waals surface area contributed by atoms with Crippen LogP contribution >= 0.6 is 0 Å². The van der Waals surface area contributed by atoms with Gasteiger partial charge in [0.05, 0.1) is 0 Å². The lowest BCUT2D eigenvalue weighted by molar-refractivity contribution is 0.000800. The lowest BCUT2D eigenvalue weighted by atomic mass is 10.0. The highest BCUT2D eigenvalue weighted by Crippen LogP contribution is 2.18. The largest absolute Gasteiger partial charge is 0.443 e. The molecule has 0 aliphatic heterocycles. The molecule has 0 saturated heterocycles. The molecule has 204 valence electrons. The highest BCUT2D eigenvalue weighted by molar-refractivity contribution is 5.88. The molecule has 0 aliphatic carbocycles. The number of rotatable bonds is 11. The Bertz CT molecular complexity index is 882. The van der Waals surface area contributed by atoms with Gasteiger partial charge in [-0.2, -0.15) is 0 Å². The number of hydrogen-bond donors (Lipinski definition) is 1. The van der Waals surface area contributed by atoms with Gasteiger partial charge in [-0.25, -0.2) is 14.5 Å². The van der Waals surface area contributed by atoms with Gasteiger partial charge in [-0.05, 0) is 71.4 Å². The third-order valence-electron chi connectivity index (χ3n) is 5.49. The minimum Gasteiger partial charge on any atom is -0.443 e. The Balaban J connectivity index is 2.06. The number of carbonyl (C=O) groups excluding carboxylic acids is 2. The molecule has 2 aromatic rings. The van der Waals surface area contributed by atoms with Crippen LogP contribution in [0.25, 0.3) is 0 Å². The van der Waals surface area contributed by atoms with Gasteiger partial charge in [-0.15, -0.1) is 0 Å². The summed E-state index contributed by atoms with van der Waals surface area (Å²) >= 11 is 0. The van der Waals surface area contributed by atoms with Gasteiger partial charge in [0.1, 0.15) is 11.2 Å². The maximum absolute atomic E-state index is 12.8. The first-order chi connectivity index (χ1) is 17.4. The molecule has 2 aromatic carbocycles. The number of carbonyl (C=O) groups is 2. The highest BCUT2D eigenvalue weighted by Gasteiger charge is 2.31. The summed E-state index contributed by atoms with van der Waals surface area (Å²) in [5.74, 6) is -0.0217. The average molecular weight is 513 g/mol. The first-order valence-corrected chi connectivity index (χ1v) is 13.0. The van der Waals surface area contributed by atoms with Crippen molar-refractivity contribution >= 4 is 12.2 Å². The maximum atomic E-state index is 12.8. The van der Waals surface area contributed by atoms with E-state index in [0.29, 0.717) is 19.4 Å². The molecule has 0 bridgehead atoms. The van der Waals surface area contributed by atoms with Crippen LogP contribution < -0.4 is 0 Å². The molecular formula is C30H44N2O5. The number of benzene rings is 2. The van der Waals surface area contributed by atoms with Crippen LogP contribution in [0, 0.1) is 5.92 Å². The van der Waals surface area contributed by atoms with E-state index in [4.69, 9.17) is 9.47 Å². The van der Waals surface area contributed by atoms with E-state index in [1.165, 1.54) is 11.1 Å². The fourth-order valence-electron chi connectivity index (χ4n) is 3.90. The topological polar surface area (TPSA) is 79.3 Å². The van der Waals surface area contributed by atoms with E-state index in [1.807, 2.05) is 36.4 Å². The van der Waals surface area contributed by atoms with Crippen LogP contribution in [0.2, 0.25) is 0 Å². The van der Waals surface area contributed by atoms with Crippen molar-refractivity contribution in [3.8, 4) is 0 Å². The molecule has 1 atom stereocenters. The van der Waals surface area contributed by atoms with Crippen molar-refractivity contribution in [2.45, 2.75) is 78.7 Å². The van der Waals surface area contributed by atoms with Crippen molar-refractivity contribution in [2.75, 3.05) is 19.7 Å². The van der Waals surface area contributed by atoms with Crippen LogP contribution in [0.3, 0.4) is 0 Å². The normalized spacial score (nSPS) is 12.8. The van der Waals surface area contributed by atoms with Crippen molar-refractivity contribution in [1.29, 1.82) is 0 Å². The second kappa shape index (κ2) is 14.1. The lowest BCUT2D eigenvalue weighted by Gasteiger charge is -2.29. The molecule has 37 heavy (non-hydrogen) atoms. The third kappa shape index (κ3) is 12.3. The minimum absolute atomic E-state index is 0.0129. The summed E-state index contributed by atoms with van der Waals surface area (Å²) in [6, 6.07) is 20.5. The summed E-state index contributed by atoms with van der Waals surface area (Å²) in [7, 11) is 0. The first kappa shape index (κ1) is 30.3. The van der Waals surface area contributed by atoms with E-state index in [2.05, 4.69) is 29.2 Å². The zero-order valence-electron chi connectivity index (χ0n) is 23.3. The van der Waals surface area contributed by atoms with Gasteiger partial charge in [-0.1, -0.05) is 60.7 Å². The molecule has 0 aromatic heterocycles. The molecule has 7 nitrogen and oxygen atoms in total. The van der Waals surface area contributed by atoms with Crippen LogP contribution in [-0.4, -0.2) is 58.0 Å². The van der Waals surface area contributed by atoms with Gasteiger partial charge >= 0.3 is 12.2 Å². The number of ether oxygens (including phenoxy) is 2. The van der Waals surface area contributed by atoms with Gasteiger partial charge in [-0.3, -0.25) is 4.90 Å². The number of aliphatic hydroxyl groups is 1. The molecule has 0 unspecified atom stereocenters. The molecule has 2 amide bonds. The summed E-state index contributed by atoms with van der Waals surface area (Å²) in [4.78, 5) is 28.9. The van der Waals surface area contributed by atoms with Gasteiger partial charge in [0, 0.05) is 32.8 Å². The standard InChI is InChI=1S/C30H44N2O5/c1-29(2,3)36-27(34)32(28(35)37-30(4,5)6)19-13-18-26(23-33)22-31(20-24-14-9-7-10-15-24)21-25-16-11-8-12-17-25/h7-12,14-17,26,33H,13,18-23H2,1-6H3/t26-/m1/s1. The van der Waals surface area contributed by atoms with Crippen molar-refractivity contribution in [2.24, 2.45) is 5.92 Å². The van der Waals surface area contributed by atoms with Gasteiger partial charge in [0.15, 0.2) is 0 Å². The van der Waals surface area contributed by atoms with Gasteiger partial charge in [0.25, 0.3) is 0 Å². The van der Waals surface area contributed by atoms with Crippen molar-refractivity contribution < 1.29 is 24.2 Å². The van der Waals surface area contributed by atoms with Crippen LogP contribution in [0.5, 0.6) is 0 Å². The predicted octanol–water partition coefficient (Wildman–Crippen LogP) is 6.25. The molecule has 2 rings (SSSR count). The Kier molecular flexibility index (Phi) is 11.6. The van der Waals surface area contributed by atoms with Crippen molar-refractivity contribution in [3.63, 3.8) is 0 Å². The number of imide groups is 1. The molecule has 7 heteroatoms. The van der Waals surface area contributed by atoms with Crippen LogP contribution in [0.4, 0.5) is 9.59 Å². The van der Waals surface area contributed by atoms with Crippen LogP contribution in [0.1, 0.15) is 65.5 Å². The quantitative estimate of drug-likeness (QED) is 0.383. The monoisotopic (exact) mass is 512 g/mol. The van der Waals surface area contributed by atoms with E-state index in [9.17, 15) is 14.7 Å². The van der Waals surface area contributed by atoms with E-state index in [1.54, 1.807) is 41.5 Å². The number of aliphatic hydroxyl groups excluding tert-OH is 1. The summed E-state index contributed by atoms with van der Waals surface area (Å²) in [6.45, 7) is 12.9. The van der Waals surface area contributed by atoms with Gasteiger partial charge < -0.3 is 14.6 Å². The highest BCUT2D eigenvalue weighted by atomic mass is 16.6. The van der Waals surface area contributed by atoms with Crippen molar-refractivity contribution in [3.05, 3.63) is 71.8 Å². The van der Waals surface area contributed by atoms with E-state index in [0.717, 1.165) is 18.0 Å². The summed E-state index contributed by atoms with van der Waals surface area (Å²) < 4.78 is 10.9. The lowest BCUT2D eigenvalue weighted by Crippen LogP contribution is -2.44. The van der Waals surface area contributed by atoms with E-state index < -0.39 is 23.4 Å². The smallest absolute Gasteiger partial charge is 0.419 e. The Hall–Kier alpha value is -2.90. The zero-order valence-corrected chi connectivity index (χ0v) is 23.3. The fourth-order valence-corrected chi connectivity index (χ4v) is 3.90. The molecule has 0 saturated carbocycles. The molecule has 1 N–H and O–H groups in total. The second-order valence-electron chi connectivity index (χ2n) is 11.4. The number of nitrogens with zero attached hydrogens (tertiary/aromatic N) is 2. The van der Waals surface area contributed by atoms with Crippen LogP contribution in [-0.2, 0) is 22.6 Å². The minimum atomic E-state index is -0.736.